The molecule has 0 saturated carbocycles. The summed E-state index contributed by atoms with van der Waals surface area (Å²) in [5.74, 6) is -1.31. The SMILES string of the molecule is O=C(O)CCCn1cc(CC(=O)O)c2c(/C=C/c3ccc(OCCCCOc4c(Cl)cc(F)cc4Cl)cc3)cccc21. The number of fused-ring (bicyclic) bond motifs is 1. The van der Waals surface area contributed by atoms with Crippen LogP contribution in [0.1, 0.15) is 42.4 Å². The normalized spacial score (nSPS) is 11.3. The largest absolute Gasteiger partial charge is 0.494 e. The van der Waals surface area contributed by atoms with Crippen molar-refractivity contribution in [3.63, 3.8) is 0 Å². The minimum Gasteiger partial charge on any atom is -0.494 e. The van der Waals surface area contributed by atoms with E-state index in [1.165, 1.54) is 0 Å². The lowest BCUT2D eigenvalue weighted by atomic mass is 10.0. The number of aliphatic carboxylic acids is 2. The van der Waals surface area contributed by atoms with Gasteiger partial charge in [0, 0.05) is 30.1 Å². The van der Waals surface area contributed by atoms with Crippen molar-refractivity contribution < 1.29 is 33.7 Å². The zero-order valence-electron chi connectivity index (χ0n) is 22.7. The van der Waals surface area contributed by atoms with E-state index in [0.29, 0.717) is 38.2 Å². The minimum absolute atomic E-state index is 0.0455. The van der Waals surface area contributed by atoms with Crippen molar-refractivity contribution >= 4 is 58.2 Å². The third kappa shape index (κ3) is 8.50. The van der Waals surface area contributed by atoms with Crippen molar-refractivity contribution in [1.82, 2.24) is 4.57 Å². The van der Waals surface area contributed by atoms with Gasteiger partial charge in [0.2, 0.25) is 0 Å². The van der Waals surface area contributed by atoms with Crippen molar-refractivity contribution in [2.24, 2.45) is 0 Å². The van der Waals surface area contributed by atoms with E-state index in [4.69, 9.17) is 37.8 Å². The summed E-state index contributed by atoms with van der Waals surface area (Å²) in [4.78, 5) is 22.5. The molecule has 4 rings (SSSR count). The molecule has 0 amide bonds. The van der Waals surface area contributed by atoms with Gasteiger partial charge in [0.15, 0.2) is 5.75 Å². The van der Waals surface area contributed by atoms with Gasteiger partial charge in [-0.05, 0) is 66.3 Å². The predicted molar refractivity (Wildman–Crippen MR) is 162 cm³/mol. The van der Waals surface area contributed by atoms with E-state index in [1.54, 1.807) is 0 Å². The monoisotopic (exact) mass is 613 g/mol. The van der Waals surface area contributed by atoms with Gasteiger partial charge in [-0.3, -0.25) is 9.59 Å². The number of aromatic nitrogens is 1. The standard InChI is InChI=1S/C32H30Cl2FNO6/c33-26-18-24(35)19-27(34)32(26)42-16-2-1-15-41-25-12-9-21(10-13-25)8-11-22-5-3-6-28-31(22)23(17-30(39)40)20-36(28)14-4-7-29(37)38/h3,5-6,8-13,18-20H,1-2,4,7,14-17H2,(H,37,38)(H,39,40)/b11-8+. The van der Waals surface area contributed by atoms with Crippen molar-refractivity contribution in [3.8, 4) is 11.5 Å². The van der Waals surface area contributed by atoms with Gasteiger partial charge < -0.3 is 24.3 Å². The first-order valence-electron chi connectivity index (χ1n) is 13.4. The maximum absolute atomic E-state index is 13.3. The van der Waals surface area contributed by atoms with Crippen molar-refractivity contribution in [1.29, 1.82) is 0 Å². The van der Waals surface area contributed by atoms with E-state index in [1.807, 2.05) is 65.4 Å². The molecule has 0 saturated heterocycles. The molecule has 0 unspecified atom stereocenters. The number of nitrogens with zero attached hydrogens (tertiary/aromatic N) is 1. The third-order valence-corrected chi connectivity index (χ3v) is 7.06. The molecule has 0 fully saturated rings. The highest BCUT2D eigenvalue weighted by Crippen LogP contribution is 2.34. The summed E-state index contributed by atoms with van der Waals surface area (Å²) in [7, 11) is 0. The lowest BCUT2D eigenvalue weighted by Gasteiger charge is -2.10. The molecule has 0 bridgehead atoms. The van der Waals surface area contributed by atoms with E-state index in [0.717, 1.165) is 46.3 Å². The second-order valence-corrected chi connectivity index (χ2v) is 10.5. The van der Waals surface area contributed by atoms with E-state index in [-0.39, 0.29) is 28.6 Å². The van der Waals surface area contributed by atoms with Crippen LogP contribution in [0, 0.1) is 5.82 Å². The number of hydrogen-bond donors (Lipinski definition) is 2. The van der Waals surface area contributed by atoms with Crippen molar-refractivity contribution in [3.05, 3.63) is 93.3 Å². The molecule has 220 valence electrons. The van der Waals surface area contributed by atoms with Gasteiger partial charge in [-0.25, -0.2) is 4.39 Å². The number of halogens is 3. The van der Waals surface area contributed by atoms with E-state index >= 15 is 0 Å². The highest BCUT2D eigenvalue weighted by molar-refractivity contribution is 6.37. The highest BCUT2D eigenvalue weighted by atomic mass is 35.5. The lowest BCUT2D eigenvalue weighted by Crippen LogP contribution is -2.03. The van der Waals surface area contributed by atoms with Gasteiger partial charge in [-0.15, -0.1) is 0 Å². The van der Waals surface area contributed by atoms with Crippen LogP contribution >= 0.6 is 23.2 Å². The molecular formula is C32H30Cl2FNO6. The molecule has 42 heavy (non-hydrogen) atoms. The fourth-order valence-electron chi connectivity index (χ4n) is 4.59. The molecule has 0 aliphatic carbocycles. The maximum atomic E-state index is 13.3. The summed E-state index contributed by atoms with van der Waals surface area (Å²) in [5, 5.41) is 19.5. The summed E-state index contributed by atoms with van der Waals surface area (Å²) in [6.45, 7) is 1.34. The Morgan fingerprint density at radius 2 is 1.57 bits per heavy atom. The highest BCUT2D eigenvalue weighted by Gasteiger charge is 2.14. The number of benzene rings is 3. The van der Waals surface area contributed by atoms with Crippen molar-refractivity contribution in [2.75, 3.05) is 13.2 Å². The van der Waals surface area contributed by atoms with Crippen LogP contribution in [0.3, 0.4) is 0 Å². The molecule has 4 aromatic rings. The Balaban J connectivity index is 1.33. The Labute approximate surface area is 252 Å². The molecule has 0 radical (unpaired) electrons. The van der Waals surface area contributed by atoms with E-state index < -0.39 is 17.8 Å². The Kier molecular flexibility index (Phi) is 10.9. The molecule has 0 spiro atoms. The third-order valence-electron chi connectivity index (χ3n) is 6.50. The summed E-state index contributed by atoms with van der Waals surface area (Å²) < 4.78 is 26.6. The topological polar surface area (TPSA) is 98.0 Å². The summed E-state index contributed by atoms with van der Waals surface area (Å²) in [6.07, 6.45) is 7.51. The number of rotatable bonds is 15. The van der Waals surface area contributed by atoms with Gasteiger partial charge in [-0.1, -0.05) is 59.6 Å². The Bertz CT molecular complexity index is 1560. The van der Waals surface area contributed by atoms with E-state index in [9.17, 15) is 19.1 Å². The van der Waals surface area contributed by atoms with Gasteiger partial charge in [-0.2, -0.15) is 0 Å². The van der Waals surface area contributed by atoms with Crippen LogP contribution < -0.4 is 9.47 Å². The van der Waals surface area contributed by atoms with Crippen molar-refractivity contribution in [2.45, 2.75) is 38.6 Å². The molecule has 1 heterocycles. The predicted octanol–water partition coefficient (Wildman–Crippen LogP) is 7.99. The summed E-state index contributed by atoms with van der Waals surface area (Å²) in [5.41, 5.74) is 3.39. The number of unbranched alkanes of at least 4 members (excludes halogenated alkanes) is 1. The quantitative estimate of drug-likeness (QED) is 0.104. The fraction of sp³-hybridized carbons (Fsp3) is 0.250. The molecule has 0 aliphatic rings. The molecule has 3 aromatic carbocycles. The molecule has 2 N–H and O–H groups in total. The average Bonchev–Trinajstić information content (AvgIpc) is 3.28. The second-order valence-electron chi connectivity index (χ2n) is 9.66. The number of aryl methyl sites for hydroxylation is 1. The Morgan fingerprint density at radius 1 is 0.881 bits per heavy atom. The number of carboxylic acid groups (broad SMARTS) is 2. The van der Waals surface area contributed by atoms with Crippen LogP contribution in [-0.2, 0) is 22.6 Å². The van der Waals surface area contributed by atoms with Crippen LogP contribution in [0.25, 0.3) is 23.1 Å². The molecular weight excluding hydrogens is 584 g/mol. The summed E-state index contributed by atoms with van der Waals surface area (Å²) >= 11 is 12.0. The minimum atomic E-state index is -0.928. The average molecular weight is 614 g/mol. The number of carboxylic acids is 2. The van der Waals surface area contributed by atoms with Gasteiger partial charge in [0.1, 0.15) is 11.6 Å². The maximum Gasteiger partial charge on any atom is 0.307 e. The lowest BCUT2D eigenvalue weighted by molar-refractivity contribution is -0.137. The Hall–Kier alpha value is -4.01. The number of carbonyl (C=O) groups is 2. The zero-order valence-corrected chi connectivity index (χ0v) is 24.2. The first kappa shape index (κ1) is 30.9. The zero-order chi connectivity index (χ0) is 30.1. The Morgan fingerprint density at radius 3 is 2.24 bits per heavy atom. The van der Waals surface area contributed by atoms with Gasteiger partial charge in [0.25, 0.3) is 0 Å². The molecule has 0 atom stereocenters. The van der Waals surface area contributed by atoms with Gasteiger partial charge in [0.05, 0.1) is 29.7 Å². The number of hydrogen-bond acceptors (Lipinski definition) is 4. The van der Waals surface area contributed by atoms with Gasteiger partial charge >= 0.3 is 11.9 Å². The second kappa shape index (κ2) is 14.8. The van der Waals surface area contributed by atoms with E-state index in [2.05, 4.69) is 0 Å². The van der Waals surface area contributed by atoms with Crippen LogP contribution in [0.4, 0.5) is 4.39 Å². The van der Waals surface area contributed by atoms with Crippen LogP contribution in [0.5, 0.6) is 11.5 Å². The smallest absolute Gasteiger partial charge is 0.307 e. The molecule has 7 nitrogen and oxygen atoms in total. The number of ether oxygens (including phenoxy) is 2. The first-order chi connectivity index (χ1) is 20.2. The van der Waals surface area contributed by atoms with Crippen LogP contribution in [-0.4, -0.2) is 39.9 Å². The van der Waals surface area contributed by atoms with Crippen LogP contribution in [0.2, 0.25) is 10.0 Å². The summed E-state index contributed by atoms with van der Waals surface area (Å²) in [6, 6.07) is 15.7. The fourth-order valence-corrected chi connectivity index (χ4v) is 5.16. The van der Waals surface area contributed by atoms with Crippen LogP contribution in [0.15, 0.2) is 60.8 Å². The first-order valence-corrected chi connectivity index (χ1v) is 14.2. The molecule has 0 aliphatic heterocycles. The molecule has 1 aromatic heterocycles. The molecule has 10 heteroatoms.